The first-order chi connectivity index (χ1) is 16.8. The van der Waals surface area contributed by atoms with E-state index in [-0.39, 0.29) is 41.8 Å². The number of hydrogen-bond acceptors (Lipinski definition) is 6. The molecule has 1 saturated carbocycles. The number of esters is 1. The third-order valence-corrected chi connectivity index (χ3v) is 8.56. The molecule has 8 heteroatoms. The lowest BCUT2D eigenvalue weighted by Gasteiger charge is -2.47. The van der Waals surface area contributed by atoms with Crippen LogP contribution in [0.5, 0.6) is 0 Å². The Bertz CT molecular complexity index is 1260. The summed E-state index contributed by atoms with van der Waals surface area (Å²) in [6, 6.07) is 2.79. The summed E-state index contributed by atoms with van der Waals surface area (Å²) in [7, 11) is 0. The summed E-state index contributed by atoms with van der Waals surface area (Å²) in [6.07, 6.45) is 5.48. The summed E-state index contributed by atoms with van der Waals surface area (Å²) in [5.41, 5.74) is 5.60. The minimum atomic E-state index is -1.87. The Balaban J connectivity index is 1.74. The molecule has 6 rings (SSSR count). The van der Waals surface area contributed by atoms with Crippen molar-refractivity contribution in [1.29, 1.82) is 0 Å². The highest BCUT2D eigenvalue weighted by molar-refractivity contribution is 6.24. The molecule has 0 saturated heterocycles. The van der Waals surface area contributed by atoms with Crippen LogP contribution < -0.4 is 10.6 Å². The maximum absolute atomic E-state index is 15.2. The number of ether oxygens (including phenoxy) is 2. The third-order valence-electron chi connectivity index (χ3n) is 8.56. The Hall–Kier alpha value is -3.16. The van der Waals surface area contributed by atoms with E-state index in [2.05, 4.69) is 6.92 Å². The number of ketones is 1. The van der Waals surface area contributed by atoms with E-state index < -0.39 is 28.6 Å². The Morgan fingerprint density at radius 1 is 1.23 bits per heavy atom. The molecule has 0 unspecified atom stereocenters. The quantitative estimate of drug-likeness (QED) is 0.643. The van der Waals surface area contributed by atoms with Crippen LogP contribution in [0.2, 0.25) is 0 Å². The number of halogens is 1. The zero-order valence-electron chi connectivity index (χ0n) is 20.0. The van der Waals surface area contributed by atoms with E-state index in [4.69, 9.17) is 15.2 Å². The van der Waals surface area contributed by atoms with Crippen molar-refractivity contribution in [2.75, 3.05) is 11.5 Å². The smallest absolute Gasteiger partial charge is 0.341 e. The molecule has 2 aliphatic carbocycles. The number of fused-ring (bicyclic) bond motifs is 3. The summed E-state index contributed by atoms with van der Waals surface area (Å²) in [5.74, 6) is -1.97. The molecule has 1 fully saturated rings. The molecule has 7 nitrogen and oxygen atoms in total. The van der Waals surface area contributed by atoms with Gasteiger partial charge in [0.2, 0.25) is 11.8 Å². The van der Waals surface area contributed by atoms with Crippen molar-refractivity contribution in [2.45, 2.75) is 82.1 Å². The van der Waals surface area contributed by atoms with Crippen molar-refractivity contribution < 1.29 is 28.2 Å². The topological polar surface area (TPSA) is 98.9 Å². The summed E-state index contributed by atoms with van der Waals surface area (Å²) in [5, 5.41) is 0. The van der Waals surface area contributed by atoms with E-state index >= 15 is 4.39 Å². The highest BCUT2D eigenvalue weighted by Crippen LogP contribution is 2.63. The highest BCUT2D eigenvalue weighted by Gasteiger charge is 2.68. The Morgan fingerprint density at radius 3 is 2.69 bits per heavy atom. The predicted octanol–water partition coefficient (Wildman–Crippen LogP) is 4.00. The van der Waals surface area contributed by atoms with E-state index in [9.17, 15) is 14.4 Å². The van der Waals surface area contributed by atoms with E-state index in [1.807, 2.05) is 0 Å². The average Bonchev–Trinajstić information content (AvgIpc) is 3.35. The number of anilines is 1. The van der Waals surface area contributed by atoms with Gasteiger partial charge < -0.3 is 20.1 Å². The van der Waals surface area contributed by atoms with Gasteiger partial charge in [0.05, 0.1) is 17.9 Å². The van der Waals surface area contributed by atoms with Gasteiger partial charge in [-0.2, -0.15) is 0 Å². The van der Waals surface area contributed by atoms with Crippen LogP contribution in [0, 0.1) is 5.82 Å². The largest absolute Gasteiger partial charge is 0.462 e. The fourth-order valence-corrected chi connectivity index (χ4v) is 7.37. The molecule has 2 N–H and O–H groups in total. The second-order valence-electron chi connectivity index (χ2n) is 10.5. The van der Waals surface area contributed by atoms with E-state index in [1.54, 1.807) is 11.8 Å². The third kappa shape index (κ3) is 2.68. The van der Waals surface area contributed by atoms with Gasteiger partial charge in [-0.05, 0) is 56.2 Å². The molecule has 3 heterocycles. The minimum absolute atomic E-state index is 0.0134. The molecule has 2 atom stereocenters. The number of rotatable bonds is 2. The first-order valence-corrected chi connectivity index (χ1v) is 12.6. The van der Waals surface area contributed by atoms with Crippen LogP contribution in [-0.4, -0.2) is 29.8 Å². The summed E-state index contributed by atoms with van der Waals surface area (Å²) in [4.78, 5) is 43.6. The predicted molar refractivity (Wildman–Crippen MR) is 125 cm³/mol. The average molecular weight is 481 g/mol. The monoisotopic (exact) mass is 480 g/mol. The molecule has 1 aromatic rings. The van der Waals surface area contributed by atoms with Crippen LogP contribution in [0.3, 0.4) is 0 Å². The molecule has 35 heavy (non-hydrogen) atoms. The van der Waals surface area contributed by atoms with Crippen molar-refractivity contribution in [3.63, 3.8) is 0 Å². The zero-order chi connectivity index (χ0) is 24.7. The molecular weight excluding hydrogens is 451 g/mol. The van der Waals surface area contributed by atoms with Crippen LogP contribution in [0.1, 0.15) is 82.3 Å². The number of allylic oxidation sites excluding steroid dienone is 1. The van der Waals surface area contributed by atoms with Gasteiger partial charge in [-0.3, -0.25) is 9.59 Å². The van der Waals surface area contributed by atoms with Gasteiger partial charge >= 0.3 is 5.97 Å². The van der Waals surface area contributed by atoms with Crippen LogP contribution in [-0.2, 0) is 29.3 Å². The van der Waals surface area contributed by atoms with Gasteiger partial charge in [0.25, 0.3) is 0 Å². The number of carbonyl (C=O) groups is 3. The SMILES string of the molecule is CCOC(=O)C1=C(N)OC2=C(C(=O)CCC2)[C@@]12C(=O)N1c3c(cc(F)cc32)[C@H](C)CC12CCCC2. The van der Waals surface area contributed by atoms with Crippen LogP contribution in [0.25, 0.3) is 0 Å². The van der Waals surface area contributed by atoms with Gasteiger partial charge in [-0.25, -0.2) is 9.18 Å². The molecule has 1 aromatic carbocycles. The van der Waals surface area contributed by atoms with Crippen LogP contribution >= 0.6 is 0 Å². The van der Waals surface area contributed by atoms with Gasteiger partial charge in [-0.15, -0.1) is 0 Å². The maximum atomic E-state index is 15.2. The number of benzene rings is 1. The molecule has 2 spiro atoms. The van der Waals surface area contributed by atoms with Gasteiger partial charge in [0, 0.05) is 23.9 Å². The molecule has 0 aromatic heterocycles. The lowest BCUT2D eigenvalue weighted by atomic mass is 9.64. The summed E-state index contributed by atoms with van der Waals surface area (Å²) in [6.45, 7) is 3.75. The second kappa shape index (κ2) is 7.42. The maximum Gasteiger partial charge on any atom is 0.341 e. The molecule has 3 aliphatic heterocycles. The fraction of sp³-hybridized carbons (Fsp3) is 0.519. The van der Waals surface area contributed by atoms with Crippen molar-refractivity contribution in [3.8, 4) is 0 Å². The van der Waals surface area contributed by atoms with Crippen molar-refractivity contribution in [1.82, 2.24) is 0 Å². The van der Waals surface area contributed by atoms with Gasteiger partial charge in [0.15, 0.2) is 5.78 Å². The number of carbonyl (C=O) groups excluding carboxylic acids is 3. The number of nitrogens with zero attached hydrogens (tertiary/aromatic N) is 1. The first-order valence-electron chi connectivity index (χ1n) is 12.6. The summed E-state index contributed by atoms with van der Waals surface area (Å²) >= 11 is 0. The van der Waals surface area contributed by atoms with Crippen molar-refractivity contribution in [2.24, 2.45) is 5.73 Å². The van der Waals surface area contributed by atoms with Crippen LogP contribution in [0.15, 0.2) is 34.9 Å². The van der Waals surface area contributed by atoms with Gasteiger partial charge in [-0.1, -0.05) is 19.8 Å². The fourth-order valence-electron chi connectivity index (χ4n) is 7.37. The molecule has 184 valence electrons. The highest BCUT2D eigenvalue weighted by atomic mass is 19.1. The minimum Gasteiger partial charge on any atom is -0.462 e. The Morgan fingerprint density at radius 2 is 1.97 bits per heavy atom. The molecule has 1 amide bonds. The first kappa shape index (κ1) is 22.3. The molecule has 0 bridgehead atoms. The number of amides is 1. The molecule has 0 radical (unpaired) electrons. The second-order valence-corrected chi connectivity index (χ2v) is 10.5. The number of hydrogen-bond donors (Lipinski definition) is 1. The zero-order valence-corrected chi connectivity index (χ0v) is 20.0. The van der Waals surface area contributed by atoms with E-state index in [0.717, 1.165) is 31.2 Å². The number of nitrogens with two attached hydrogens (primary N) is 1. The normalized spacial score (nSPS) is 28.5. The Labute approximate surface area is 203 Å². The van der Waals surface area contributed by atoms with Gasteiger partial charge in [0.1, 0.15) is 22.6 Å². The van der Waals surface area contributed by atoms with Crippen LogP contribution in [0.4, 0.5) is 10.1 Å². The molecular formula is C27H29FN2O5. The number of Topliss-reactive ketones (excluding diaryl/α,β-unsaturated/α-hetero) is 1. The Kier molecular flexibility index (Phi) is 4.73. The summed E-state index contributed by atoms with van der Waals surface area (Å²) < 4.78 is 26.4. The van der Waals surface area contributed by atoms with Crippen molar-refractivity contribution >= 4 is 23.3 Å². The van der Waals surface area contributed by atoms with E-state index in [0.29, 0.717) is 36.3 Å². The lowest BCUT2D eigenvalue weighted by Crippen LogP contribution is -2.58. The lowest BCUT2D eigenvalue weighted by molar-refractivity contribution is -0.141. The van der Waals surface area contributed by atoms with Crippen molar-refractivity contribution in [3.05, 3.63) is 51.9 Å². The molecule has 5 aliphatic rings. The standard InChI is InChI=1S/C27H29FN2O5/c1-3-34-24(32)21-23(29)35-19-8-6-7-18(31)20(19)27(21)17-12-15(28)11-16-14(2)13-26(9-4-5-10-26)30(22(16)17)25(27)33/h11-12,14H,3-10,13,29H2,1-2H3/t14-,27-/m1/s1. The van der Waals surface area contributed by atoms with E-state index in [1.165, 1.54) is 12.1 Å².